The second kappa shape index (κ2) is 4.16. The van der Waals surface area contributed by atoms with Gasteiger partial charge >= 0.3 is 0 Å². The third-order valence-electron chi connectivity index (χ3n) is 3.78. The summed E-state index contributed by atoms with van der Waals surface area (Å²) in [6, 6.07) is 10.7. The van der Waals surface area contributed by atoms with Crippen LogP contribution in [0, 0.1) is 5.92 Å². The number of fused-ring (bicyclic) bond motifs is 1. The van der Waals surface area contributed by atoms with Gasteiger partial charge in [0.2, 0.25) is 0 Å². The highest BCUT2D eigenvalue weighted by atomic mass is 15.2. The standard InChI is InChI=1S/C15H19N3/c1-10-8-11(2)18-13(9-10)17-14(15(18)16)12-6-4-3-5-7-12/h3-7,10-11H,8-9,16H2,1-2H3. The smallest absolute Gasteiger partial charge is 0.131 e. The van der Waals surface area contributed by atoms with Gasteiger partial charge in [-0.05, 0) is 19.3 Å². The molecule has 1 aliphatic heterocycles. The summed E-state index contributed by atoms with van der Waals surface area (Å²) >= 11 is 0. The Morgan fingerprint density at radius 2 is 1.94 bits per heavy atom. The van der Waals surface area contributed by atoms with Gasteiger partial charge in [0, 0.05) is 18.0 Å². The van der Waals surface area contributed by atoms with Gasteiger partial charge in [-0.3, -0.25) is 0 Å². The van der Waals surface area contributed by atoms with Gasteiger partial charge in [-0.1, -0.05) is 37.3 Å². The van der Waals surface area contributed by atoms with Crippen LogP contribution in [0.3, 0.4) is 0 Å². The molecule has 2 unspecified atom stereocenters. The number of rotatable bonds is 1. The van der Waals surface area contributed by atoms with Gasteiger partial charge in [0.05, 0.1) is 0 Å². The Morgan fingerprint density at radius 1 is 1.22 bits per heavy atom. The lowest BCUT2D eigenvalue weighted by Crippen LogP contribution is -2.22. The Kier molecular flexibility index (Phi) is 2.62. The van der Waals surface area contributed by atoms with E-state index in [1.165, 1.54) is 6.42 Å². The molecule has 2 heterocycles. The summed E-state index contributed by atoms with van der Waals surface area (Å²) in [7, 11) is 0. The largest absolute Gasteiger partial charge is 0.383 e. The van der Waals surface area contributed by atoms with Gasteiger partial charge < -0.3 is 10.3 Å². The van der Waals surface area contributed by atoms with E-state index in [0.717, 1.165) is 29.3 Å². The fourth-order valence-electron chi connectivity index (χ4n) is 3.02. The van der Waals surface area contributed by atoms with E-state index in [9.17, 15) is 0 Å². The molecule has 3 rings (SSSR count). The number of nitrogens with two attached hydrogens (primary N) is 1. The molecule has 0 spiro atoms. The second-order valence-corrected chi connectivity index (χ2v) is 5.39. The number of anilines is 1. The molecule has 0 amide bonds. The average molecular weight is 241 g/mol. The Morgan fingerprint density at radius 3 is 2.67 bits per heavy atom. The summed E-state index contributed by atoms with van der Waals surface area (Å²) in [4.78, 5) is 4.76. The third kappa shape index (κ3) is 1.70. The van der Waals surface area contributed by atoms with Crippen molar-refractivity contribution in [2.45, 2.75) is 32.7 Å². The summed E-state index contributed by atoms with van der Waals surface area (Å²) in [5.74, 6) is 2.64. The van der Waals surface area contributed by atoms with Crippen LogP contribution in [0.4, 0.5) is 5.82 Å². The van der Waals surface area contributed by atoms with E-state index < -0.39 is 0 Å². The molecular weight excluding hydrogens is 222 g/mol. The Labute approximate surface area is 108 Å². The molecular formula is C15H19N3. The molecule has 1 aliphatic rings. The van der Waals surface area contributed by atoms with Gasteiger partial charge in [-0.2, -0.15) is 0 Å². The fraction of sp³-hybridized carbons (Fsp3) is 0.400. The first-order valence-electron chi connectivity index (χ1n) is 6.58. The van der Waals surface area contributed by atoms with Crippen molar-refractivity contribution in [2.24, 2.45) is 5.92 Å². The molecule has 3 heteroatoms. The van der Waals surface area contributed by atoms with Gasteiger partial charge in [0.15, 0.2) is 0 Å². The maximum Gasteiger partial charge on any atom is 0.131 e. The van der Waals surface area contributed by atoms with Crippen LogP contribution in [0.2, 0.25) is 0 Å². The van der Waals surface area contributed by atoms with Crippen LogP contribution in [0.5, 0.6) is 0 Å². The van der Waals surface area contributed by atoms with Crippen LogP contribution in [0.25, 0.3) is 11.3 Å². The summed E-state index contributed by atoms with van der Waals surface area (Å²) in [6.45, 7) is 4.51. The molecule has 18 heavy (non-hydrogen) atoms. The van der Waals surface area contributed by atoms with Gasteiger partial charge in [-0.25, -0.2) is 4.98 Å². The quantitative estimate of drug-likeness (QED) is 0.832. The summed E-state index contributed by atoms with van der Waals surface area (Å²) < 4.78 is 2.21. The predicted molar refractivity (Wildman–Crippen MR) is 74.3 cm³/mol. The number of hydrogen-bond acceptors (Lipinski definition) is 2. The van der Waals surface area contributed by atoms with E-state index >= 15 is 0 Å². The predicted octanol–water partition coefficient (Wildman–Crippen LogP) is 3.28. The van der Waals surface area contributed by atoms with Gasteiger partial charge in [0.1, 0.15) is 17.3 Å². The lowest BCUT2D eigenvalue weighted by Gasteiger charge is -2.27. The minimum Gasteiger partial charge on any atom is -0.383 e. The highest BCUT2D eigenvalue weighted by Gasteiger charge is 2.26. The molecule has 2 N–H and O–H groups in total. The van der Waals surface area contributed by atoms with E-state index in [1.54, 1.807) is 0 Å². The van der Waals surface area contributed by atoms with Crippen LogP contribution >= 0.6 is 0 Å². The normalized spacial score (nSPS) is 22.8. The number of imidazole rings is 1. The molecule has 0 aliphatic carbocycles. The van der Waals surface area contributed by atoms with Crippen molar-refractivity contribution in [1.29, 1.82) is 0 Å². The zero-order chi connectivity index (χ0) is 12.7. The summed E-state index contributed by atoms with van der Waals surface area (Å²) in [5, 5.41) is 0. The van der Waals surface area contributed by atoms with Crippen LogP contribution in [-0.4, -0.2) is 9.55 Å². The number of nitrogens with zero attached hydrogens (tertiary/aromatic N) is 2. The van der Waals surface area contributed by atoms with Crippen molar-refractivity contribution in [2.75, 3.05) is 5.73 Å². The molecule has 0 saturated carbocycles. The molecule has 2 aromatic rings. The van der Waals surface area contributed by atoms with E-state index in [-0.39, 0.29) is 0 Å². The number of hydrogen-bond donors (Lipinski definition) is 1. The van der Waals surface area contributed by atoms with Crippen molar-refractivity contribution < 1.29 is 0 Å². The van der Waals surface area contributed by atoms with Crippen LogP contribution < -0.4 is 5.73 Å². The lowest BCUT2D eigenvalue weighted by molar-refractivity contribution is 0.346. The van der Waals surface area contributed by atoms with Crippen molar-refractivity contribution in [3.8, 4) is 11.3 Å². The lowest BCUT2D eigenvalue weighted by atomic mass is 9.95. The fourth-order valence-corrected chi connectivity index (χ4v) is 3.02. The first-order valence-corrected chi connectivity index (χ1v) is 6.58. The molecule has 1 aromatic heterocycles. The first-order chi connectivity index (χ1) is 8.66. The molecule has 0 fully saturated rings. The topological polar surface area (TPSA) is 43.8 Å². The first kappa shape index (κ1) is 11.3. The molecule has 0 radical (unpaired) electrons. The van der Waals surface area contributed by atoms with E-state index in [0.29, 0.717) is 12.0 Å². The Hall–Kier alpha value is -1.77. The second-order valence-electron chi connectivity index (χ2n) is 5.39. The highest BCUT2D eigenvalue weighted by molar-refractivity contribution is 5.71. The zero-order valence-electron chi connectivity index (χ0n) is 10.9. The van der Waals surface area contributed by atoms with Crippen molar-refractivity contribution in [3.05, 3.63) is 36.2 Å². The average Bonchev–Trinajstić information content (AvgIpc) is 2.67. The maximum atomic E-state index is 6.29. The molecule has 2 atom stereocenters. The molecule has 0 bridgehead atoms. The number of aromatic nitrogens is 2. The summed E-state index contributed by atoms with van der Waals surface area (Å²) in [5.41, 5.74) is 8.34. The molecule has 1 aromatic carbocycles. The van der Waals surface area contributed by atoms with E-state index in [2.05, 4.69) is 30.5 Å². The molecule has 3 nitrogen and oxygen atoms in total. The number of nitrogen functional groups attached to an aromatic ring is 1. The zero-order valence-corrected chi connectivity index (χ0v) is 10.9. The molecule has 0 saturated heterocycles. The number of benzene rings is 1. The minimum atomic E-state index is 0.453. The van der Waals surface area contributed by atoms with Crippen LogP contribution in [-0.2, 0) is 6.42 Å². The van der Waals surface area contributed by atoms with Crippen LogP contribution in [0.1, 0.15) is 32.1 Å². The van der Waals surface area contributed by atoms with Gasteiger partial charge in [0.25, 0.3) is 0 Å². The van der Waals surface area contributed by atoms with Crippen molar-refractivity contribution >= 4 is 5.82 Å². The highest BCUT2D eigenvalue weighted by Crippen LogP contribution is 2.35. The maximum absolute atomic E-state index is 6.29. The van der Waals surface area contributed by atoms with E-state index in [1.807, 2.05) is 18.2 Å². The molecule has 94 valence electrons. The third-order valence-corrected chi connectivity index (χ3v) is 3.78. The Balaban J connectivity index is 2.12. The van der Waals surface area contributed by atoms with Crippen molar-refractivity contribution in [1.82, 2.24) is 9.55 Å². The Bertz CT molecular complexity index is 557. The monoisotopic (exact) mass is 241 g/mol. The minimum absolute atomic E-state index is 0.453. The van der Waals surface area contributed by atoms with E-state index in [4.69, 9.17) is 10.7 Å². The van der Waals surface area contributed by atoms with Crippen LogP contribution in [0.15, 0.2) is 30.3 Å². The van der Waals surface area contributed by atoms with Crippen molar-refractivity contribution in [3.63, 3.8) is 0 Å². The summed E-state index contributed by atoms with van der Waals surface area (Å²) in [6.07, 6.45) is 2.21. The van der Waals surface area contributed by atoms with Gasteiger partial charge in [-0.15, -0.1) is 0 Å². The SMILES string of the molecule is CC1Cc2nc(-c3ccccc3)c(N)n2C(C)C1.